The van der Waals surface area contributed by atoms with E-state index in [4.69, 9.17) is 0 Å². The minimum atomic E-state index is 0.937. The number of likely N-dealkylation sites (tertiary alicyclic amines) is 1. The molecular weight excluding hydrogens is 220 g/mol. The van der Waals surface area contributed by atoms with Crippen molar-refractivity contribution in [3.63, 3.8) is 0 Å². The molecule has 18 heavy (non-hydrogen) atoms. The SMILES string of the molecule is CC1CCCC(CCNCC2CCN(C)CC2)C1. The Hall–Kier alpha value is -0.0800. The van der Waals surface area contributed by atoms with Gasteiger partial charge in [-0.25, -0.2) is 0 Å². The third-order valence-corrected chi connectivity index (χ3v) is 5.05. The van der Waals surface area contributed by atoms with Crippen molar-refractivity contribution in [1.82, 2.24) is 10.2 Å². The van der Waals surface area contributed by atoms with Crippen molar-refractivity contribution in [3.05, 3.63) is 0 Å². The van der Waals surface area contributed by atoms with E-state index in [0.29, 0.717) is 0 Å². The minimum absolute atomic E-state index is 0.937. The van der Waals surface area contributed by atoms with Crippen LogP contribution in [0.1, 0.15) is 51.9 Å². The second-order valence-corrected chi connectivity index (χ2v) is 6.88. The summed E-state index contributed by atoms with van der Waals surface area (Å²) in [5, 5.41) is 3.71. The summed E-state index contributed by atoms with van der Waals surface area (Å²) in [6, 6.07) is 0. The molecule has 0 aromatic rings. The number of hydrogen-bond acceptors (Lipinski definition) is 2. The molecule has 1 saturated heterocycles. The van der Waals surface area contributed by atoms with Crippen LogP contribution in [-0.2, 0) is 0 Å². The fourth-order valence-corrected chi connectivity index (χ4v) is 3.70. The molecule has 1 aliphatic heterocycles. The summed E-state index contributed by atoms with van der Waals surface area (Å²) >= 11 is 0. The van der Waals surface area contributed by atoms with Gasteiger partial charge in [0.15, 0.2) is 0 Å². The molecule has 2 unspecified atom stereocenters. The summed E-state index contributed by atoms with van der Waals surface area (Å²) < 4.78 is 0. The summed E-state index contributed by atoms with van der Waals surface area (Å²) in [5.74, 6) is 2.93. The molecule has 106 valence electrons. The highest BCUT2D eigenvalue weighted by molar-refractivity contribution is 4.74. The average Bonchev–Trinajstić information content (AvgIpc) is 2.37. The molecule has 2 fully saturated rings. The Labute approximate surface area is 114 Å². The van der Waals surface area contributed by atoms with E-state index in [1.54, 1.807) is 0 Å². The summed E-state index contributed by atoms with van der Waals surface area (Å²) in [7, 11) is 2.24. The molecule has 2 atom stereocenters. The molecule has 0 aromatic heterocycles. The van der Waals surface area contributed by atoms with Crippen LogP contribution in [0.5, 0.6) is 0 Å². The van der Waals surface area contributed by atoms with Crippen LogP contribution < -0.4 is 5.32 Å². The molecule has 0 amide bonds. The highest BCUT2D eigenvalue weighted by atomic mass is 15.1. The molecule has 0 bridgehead atoms. The lowest BCUT2D eigenvalue weighted by molar-refractivity contribution is 0.213. The van der Waals surface area contributed by atoms with Gasteiger partial charge in [-0.15, -0.1) is 0 Å². The number of rotatable bonds is 5. The summed E-state index contributed by atoms with van der Waals surface area (Å²) in [5.41, 5.74) is 0. The highest BCUT2D eigenvalue weighted by Crippen LogP contribution is 2.30. The maximum Gasteiger partial charge on any atom is -0.00187 e. The van der Waals surface area contributed by atoms with Crippen LogP contribution in [0.15, 0.2) is 0 Å². The topological polar surface area (TPSA) is 15.3 Å². The maximum atomic E-state index is 3.71. The van der Waals surface area contributed by atoms with Gasteiger partial charge in [-0.3, -0.25) is 0 Å². The Kier molecular flexibility index (Phi) is 5.97. The lowest BCUT2D eigenvalue weighted by Gasteiger charge is -2.30. The molecule has 0 aromatic carbocycles. The zero-order chi connectivity index (χ0) is 12.8. The fraction of sp³-hybridized carbons (Fsp3) is 1.00. The Bertz CT molecular complexity index is 221. The summed E-state index contributed by atoms with van der Waals surface area (Å²) in [4.78, 5) is 2.46. The van der Waals surface area contributed by atoms with Gasteiger partial charge in [-0.05, 0) is 76.7 Å². The Morgan fingerprint density at radius 3 is 2.56 bits per heavy atom. The van der Waals surface area contributed by atoms with Gasteiger partial charge in [-0.2, -0.15) is 0 Å². The number of nitrogens with one attached hydrogen (secondary N) is 1. The molecule has 1 N–H and O–H groups in total. The maximum absolute atomic E-state index is 3.71. The predicted molar refractivity (Wildman–Crippen MR) is 78.8 cm³/mol. The van der Waals surface area contributed by atoms with E-state index in [1.165, 1.54) is 71.1 Å². The first-order valence-corrected chi connectivity index (χ1v) is 8.13. The Morgan fingerprint density at radius 1 is 1.06 bits per heavy atom. The third kappa shape index (κ3) is 4.89. The van der Waals surface area contributed by atoms with Crippen molar-refractivity contribution in [2.24, 2.45) is 17.8 Å². The van der Waals surface area contributed by atoms with Gasteiger partial charge in [0.2, 0.25) is 0 Å². The lowest BCUT2D eigenvalue weighted by Crippen LogP contribution is -2.35. The third-order valence-electron chi connectivity index (χ3n) is 5.05. The van der Waals surface area contributed by atoms with Crippen molar-refractivity contribution in [2.75, 3.05) is 33.2 Å². The van der Waals surface area contributed by atoms with Crippen molar-refractivity contribution >= 4 is 0 Å². The highest BCUT2D eigenvalue weighted by Gasteiger charge is 2.19. The number of piperidine rings is 1. The minimum Gasteiger partial charge on any atom is -0.316 e. The normalized spacial score (nSPS) is 31.7. The Balaban J connectivity index is 1.50. The van der Waals surface area contributed by atoms with Crippen LogP contribution >= 0.6 is 0 Å². The van der Waals surface area contributed by atoms with Gasteiger partial charge >= 0.3 is 0 Å². The zero-order valence-electron chi connectivity index (χ0n) is 12.5. The van der Waals surface area contributed by atoms with E-state index < -0.39 is 0 Å². The van der Waals surface area contributed by atoms with Gasteiger partial charge in [0.25, 0.3) is 0 Å². The van der Waals surface area contributed by atoms with E-state index in [-0.39, 0.29) is 0 Å². The van der Waals surface area contributed by atoms with Gasteiger partial charge in [0, 0.05) is 0 Å². The fourth-order valence-electron chi connectivity index (χ4n) is 3.70. The lowest BCUT2D eigenvalue weighted by atomic mass is 9.81. The molecule has 2 heteroatoms. The first-order valence-electron chi connectivity index (χ1n) is 8.13. The average molecular weight is 252 g/mol. The van der Waals surface area contributed by atoms with Crippen LogP contribution in [0.3, 0.4) is 0 Å². The number of nitrogens with zero attached hydrogens (tertiary/aromatic N) is 1. The molecule has 2 nitrogen and oxygen atoms in total. The van der Waals surface area contributed by atoms with E-state index in [9.17, 15) is 0 Å². The van der Waals surface area contributed by atoms with E-state index in [0.717, 1.165) is 17.8 Å². The predicted octanol–water partition coefficient (Wildman–Crippen LogP) is 3.13. The van der Waals surface area contributed by atoms with Crippen LogP contribution in [0.25, 0.3) is 0 Å². The smallest absolute Gasteiger partial charge is 0.00187 e. The molecule has 0 radical (unpaired) electrons. The number of hydrogen-bond donors (Lipinski definition) is 1. The van der Waals surface area contributed by atoms with Crippen LogP contribution in [-0.4, -0.2) is 38.1 Å². The molecule has 2 rings (SSSR count). The van der Waals surface area contributed by atoms with Crippen LogP contribution in [0, 0.1) is 17.8 Å². The van der Waals surface area contributed by atoms with Crippen molar-refractivity contribution in [1.29, 1.82) is 0 Å². The quantitative estimate of drug-likeness (QED) is 0.756. The van der Waals surface area contributed by atoms with Gasteiger partial charge < -0.3 is 10.2 Å². The second kappa shape index (κ2) is 7.49. The molecule has 1 aliphatic carbocycles. The summed E-state index contributed by atoms with van der Waals surface area (Å²) in [6.07, 6.45) is 10.1. The standard InChI is InChI=1S/C16H32N2/c1-14-4-3-5-15(12-14)6-9-17-13-16-7-10-18(2)11-8-16/h14-17H,3-13H2,1-2H3. The van der Waals surface area contributed by atoms with E-state index in [1.807, 2.05) is 0 Å². The molecule has 1 saturated carbocycles. The molecule has 2 aliphatic rings. The first-order chi connectivity index (χ1) is 8.74. The van der Waals surface area contributed by atoms with E-state index in [2.05, 4.69) is 24.2 Å². The largest absolute Gasteiger partial charge is 0.316 e. The van der Waals surface area contributed by atoms with Crippen LogP contribution in [0.4, 0.5) is 0 Å². The Morgan fingerprint density at radius 2 is 1.83 bits per heavy atom. The molecule has 1 heterocycles. The molecule has 0 spiro atoms. The van der Waals surface area contributed by atoms with Gasteiger partial charge in [0.05, 0.1) is 0 Å². The van der Waals surface area contributed by atoms with Gasteiger partial charge in [-0.1, -0.05) is 26.2 Å². The van der Waals surface area contributed by atoms with Crippen LogP contribution in [0.2, 0.25) is 0 Å². The van der Waals surface area contributed by atoms with Gasteiger partial charge in [0.1, 0.15) is 0 Å². The monoisotopic (exact) mass is 252 g/mol. The zero-order valence-corrected chi connectivity index (χ0v) is 12.5. The van der Waals surface area contributed by atoms with Crippen molar-refractivity contribution in [2.45, 2.75) is 51.9 Å². The first kappa shape index (κ1) is 14.3. The molecular formula is C16H32N2. The van der Waals surface area contributed by atoms with E-state index >= 15 is 0 Å². The van der Waals surface area contributed by atoms with Crippen molar-refractivity contribution in [3.8, 4) is 0 Å². The van der Waals surface area contributed by atoms with Crippen molar-refractivity contribution < 1.29 is 0 Å². The second-order valence-electron chi connectivity index (χ2n) is 6.88. The summed E-state index contributed by atoms with van der Waals surface area (Å²) in [6.45, 7) is 7.54.